The van der Waals surface area contributed by atoms with Gasteiger partial charge < -0.3 is 5.73 Å². The zero-order valence-electron chi connectivity index (χ0n) is 10.7. The van der Waals surface area contributed by atoms with Crippen molar-refractivity contribution < 1.29 is 8.42 Å². The minimum Gasteiger partial charge on any atom is -0.399 e. The number of aryl methyl sites for hydroxylation is 2. The van der Waals surface area contributed by atoms with Crippen LogP contribution in [0.25, 0.3) is 0 Å². The van der Waals surface area contributed by atoms with Gasteiger partial charge in [0.1, 0.15) is 5.01 Å². The van der Waals surface area contributed by atoms with E-state index in [1.165, 1.54) is 17.4 Å². The van der Waals surface area contributed by atoms with Crippen LogP contribution in [0.2, 0.25) is 0 Å². The molecule has 2 rings (SSSR count). The fourth-order valence-electron chi connectivity index (χ4n) is 1.65. The molecule has 0 aliphatic carbocycles. The summed E-state index contributed by atoms with van der Waals surface area (Å²) >= 11 is 1.47. The van der Waals surface area contributed by atoms with Crippen LogP contribution in [0.15, 0.2) is 29.3 Å². The fourth-order valence-corrected chi connectivity index (χ4v) is 3.60. The number of benzene rings is 1. The topological polar surface area (TPSA) is 85.1 Å². The van der Waals surface area contributed by atoms with Gasteiger partial charge in [-0.25, -0.2) is 18.1 Å². The quantitative estimate of drug-likeness (QED) is 0.843. The van der Waals surface area contributed by atoms with Crippen LogP contribution in [0.3, 0.4) is 0 Å². The first-order chi connectivity index (χ1) is 8.87. The molecule has 0 atom stereocenters. The number of hydrogen-bond donors (Lipinski definition) is 2. The average Bonchev–Trinajstić information content (AvgIpc) is 2.71. The number of nitrogens with two attached hydrogens (primary N) is 1. The number of nitrogens with zero attached hydrogens (tertiary/aromatic N) is 1. The van der Waals surface area contributed by atoms with E-state index in [-0.39, 0.29) is 11.4 Å². The first-order valence-electron chi connectivity index (χ1n) is 5.65. The number of anilines is 1. The predicted octanol–water partition coefficient (Wildman–Crippen LogP) is 1.82. The maximum Gasteiger partial charge on any atom is 0.241 e. The molecule has 2 aromatic rings. The van der Waals surface area contributed by atoms with Crippen molar-refractivity contribution in [2.45, 2.75) is 25.3 Å². The summed E-state index contributed by atoms with van der Waals surface area (Å²) in [7, 11) is -3.56. The molecule has 5 nitrogen and oxygen atoms in total. The molecular weight excluding hydrogens is 282 g/mol. The molecule has 19 heavy (non-hydrogen) atoms. The van der Waals surface area contributed by atoms with Gasteiger partial charge in [-0.3, -0.25) is 0 Å². The molecule has 0 aliphatic heterocycles. The second-order valence-corrected chi connectivity index (χ2v) is 7.35. The number of sulfonamides is 1. The normalized spacial score (nSPS) is 11.7. The first-order valence-corrected chi connectivity index (χ1v) is 7.95. The van der Waals surface area contributed by atoms with Crippen LogP contribution in [-0.4, -0.2) is 13.4 Å². The Kier molecular flexibility index (Phi) is 3.88. The summed E-state index contributed by atoms with van der Waals surface area (Å²) in [6, 6.07) is 4.76. The highest BCUT2D eigenvalue weighted by molar-refractivity contribution is 7.89. The van der Waals surface area contributed by atoms with E-state index in [1.807, 2.05) is 6.92 Å². The van der Waals surface area contributed by atoms with Gasteiger partial charge in [0.15, 0.2) is 0 Å². The summed E-state index contributed by atoms with van der Waals surface area (Å²) in [6.07, 6.45) is 1.72. The summed E-state index contributed by atoms with van der Waals surface area (Å²) in [5.74, 6) is 0. The van der Waals surface area contributed by atoms with Gasteiger partial charge in [0.25, 0.3) is 0 Å². The van der Waals surface area contributed by atoms with E-state index in [0.717, 1.165) is 15.4 Å². The minimum atomic E-state index is -3.56. The fraction of sp³-hybridized carbons (Fsp3) is 0.250. The van der Waals surface area contributed by atoms with E-state index in [0.29, 0.717) is 5.69 Å². The lowest BCUT2D eigenvalue weighted by molar-refractivity contribution is 0.581. The summed E-state index contributed by atoms with van der Waals surface area (Å²) in [6.45, 7) is 3.92. The zero-order valence-corrected chi connectivity index (χ0v) is 12.3. The highest BCUT2D eigenvalue weighted by Gasteiger charge is 2.15. The Bertz CT molecular complexity index is 673. The van der Waals surface area contributed by atoms with E-state index in [9.17, 15) is 8.42 Å². The Morgan fingerprint density at radius 2 is 2.05 bits per heavy atom. The molecule has 7 heteroatoms. The van der Waals surface area contributed by atoms with Crippen LogP contribution in [-0.2, 0) is 16.6 Å². The van der Waals surface area contributed by atoms with Crippen LogP contribution < -0.4 is 10.5 Å². The van der Waals surface area contributed by atoms with Crippen LogP contribution in [0.5, 0.6) is 0 Å². The van der Waals surface area contributed by atoms with Crippen LogP contribution in [0, 0.1) is 13.8 Å². The third-order valence-electron chi connectivity index (χ3n) is 2.47. The minimum absolute atomic E-state index is 0.179. The largest absolute Gasteiger partial charge is 0.399 e. The standard InChI is InChI=1S/C12H15N3O2S2/c1-8-3-10(13)5-11(4-8)19(16,17)15-7-12-14-6-9(2)18-12/h3-6,15H,7,13H2,1-2H3. The Morgan fingerprint density at radius 1 is 1.32 bits per heavy atom. The zero-order chi connectivity index (χ0) is 14.0. The van der Waals surface area contributed by atoms with E-state index in [1.54, 1.807) is 25.3 Å². The highest BCUT2D eigenvalue weighted by Crippen LogP contribution is 2.17. The van der Waals surface area contributed by atoms with Gasteiger partial charge in [-0.2, -0.15) is 0 Å². The van der Waals surface area contributed by atoms with Gasteiger partial charge >= 0.3 is 0 Å². The van der Waals surface area contributed by atoms with Gasteiger partial charge in [0.05, 0.1) is 11.4 Å². The number of nitrogens with one attached hydrogen (secondary N) is 1. The third-order valence-corrected chi connectivity index (χ3v) is 4.76. The molecule has 0 radical (unpaired) electrons. The molecule has 3 N–H and O–H groups in total. The van der Waals surface area contributed by atoms with E-state index in [4.69, 9.17) is 5.73 Å². The molecule has 1 aromatic heterocycles. The number of hydrogen-bond acceptors (Lipinski definition) is 5. The van der Waals surface area contributed by atoms with Crippen LogP contribution >= 0.6 is 11.3 Å². The predicted molar refractivity (Wildman–Crippen MR) is 76.5 cm³/mol. The van der Waals surface area contributed by atoms with Gasteiger partial charge in [-0.15, -0.1) is 11.3 Å². The van der Waals surface area contributed by atoms with Crippen molar-refractivity contribution in [1.29, 1.82) is 0 Å². The molecule has 1 heterocycles. The highest BCUT2D eigenvalue weighted by atomic mass is 32.2. The second-order valence-electron chi connectivity index (χ2n) is 4.27. The molecule has 0 bridgehead atoms. The Morgan fingerprint density at radius 3 is 2.63 bits per heavy atom. The molecule has 0 saturated heterocycles. The van der Waals surface area contributed by atoms with Crippen molar-refractivity contribution in [3.8, 4) is 0 Å². The first kappa shape index (κ1) is 14.0. The molecule has 0 fully saturated rings. The number of aromatic nitrogens is 1. The van der Waals surface area contributed by atoms with Crippen molar-refractivity contribution in [2.75, 3.05) is 5.73 Å². The van der Waals surface area contributed by atoms with Crippen molar-refractivity contribution in [2.24, 2.45) is 0 Å². The molecule has 0 unspecified atom stereocenters. The Hall–Kier alpha value is -1.44. The number of rotatable bonds is 4. The van der Waals surface area contributed by atoms with Crippen LogP contribution in [0.4, 0.5) is 5.69 Å². The summed E-state index contributed by atoms with van der Waals surface area (Å²) in [5, 5.41) is 0.738. The second kappa shape index (κ2) is 5.28. The Labute approximate surface area is 116 Å². The maximum atomic E-state index is 12.1. The number of thiazole rings is 1. The van der Waals surface area contributed by atoms with E-state index in [2.05, 4.69) is 9.71 Å². The molecule has 0 saturated carbocycles. The Balaban J connectivity index is 2.18. The van der Waals surface area contributed by atoms with Crippen molar-refractivity contribution in [3.05, 3.63) is 39.8 Å². The monoisotopic (exact) mass is 297 g/mol. The lowest BCUT2D eigenvalue weighted by Gasteiger charge is -2.07. The van der Waals surface area contributed by atoms with Gasteiger partial charge in [0, 0.05) is 16.8 Å². The van der Waals surface area contributed by atoms with Crippen molar-refractivity contribution in [1.82, 2.24) is 9.71 Å². The molecule has 0 spiro atoms. The summed E-state index contributed by atoms with van der Waals surface area (Å²) < 4.78 is 26.8. The van der Waals surface area contributed by atoms with Crippen molar-refractivity contribution >= 4 is 27.0 Å². The van der Waals surface area contributed by atoms with Crippen LogP contribution in [0.1, 0.15) is 15.4 Å². The van der Waals surface area contributed by atoms with Gasteiger partial charge in [0.2, 0.25) is 10.0 Å². The molecule has 0 aliphatic rings. The third kappa shape index (κ3) is 3.52. The molecular formula is C12H15N3O2S2. The van der Waals surface area contributed by atoms with E-state index >= 15 is 0 Å². The molecule has 102 valence electrons. The molecule has 0 amide bonds. The van der Waals surface area contributed by atoms with Gasteiger partial charge in [-0.05, 0) is 37.6 Å². The maximum absolute atomic E-state index is 12.1. The SMILES string of the molecule is Cc1cc(N)cc(S(=O)(=O)NCc2ncc(C)s2)c1. The average molecular weight is 297 g/mol. The smallest absolute Gasteiger partial charge is 0.241 e. The van der Waals surface area contributed by atoms with Gasteiger partial charge in [-0.1, -0.05) is 0 Å². The number of nitrogen functional groups attached to an aromatic ring is 1. The van der Waals surface area contributed by atoms with Crippen molar-refractivity contribution in [3.63, 3.8) is 0 Å². The lowest BCUT2D eigenvalue weighted by atomic mass is 10.2. The van der Waals surface area contributed by atoms with E-state index < -0.39 is 10.0 Å². The summed E-state index contributed by atoms with van der Waals surface area (Å²) in [5.41, 5.74) is 6.91. The summed E-state index contributed by atoms with van der Waals surface area (Å²) in [4.78, 5) is 5.34. The molecule has 1 aromatic carbocycles. The lowest BCUT2D eigenvalue weighted by Crippen LogP contribution is -2.23.